The van der Waals surface area contributed by atoms with Gasteiger partial charge in [0.05, 0.1) is 18.1 Å². The van der Waals surface area contributed by atoms with E-state index < -0.39 is 0 Å². The van der Waals surface area contributed by atoms with Gasteiger partial charge in [0.25, 0.3) is 0 Å². The van der Waals surface area contributed by atoms with Crippen LogP contribution in [0.5, 0.6) is 0 Å². The maximum atomic E-state index is 6.15. The number of nitrogens with zero attached hydrogens (tertiary/aromatic N) is 2. The topological polar surface area (TPSA) is 57.0 Å². The average Bonchev–Trinajstić information content (AvgIpc) is 2.99. The maximum Gasteiger partial charge on any atom is 0.129 e. The molecular weight excluding hydrogens is 306 g/mol. The Morgan fingerprint density at radius 1 is 1.26 bits per heavy atom. The van der Waals surface area contributed by atoms with Gasteiger partial charge in [-0.15, -0.1) is 0 Å². The monoisotopic (exact) mass is 317 g/mol. The van der Waals surface area contributed by atoms with Crippen molar-refractivity contribution in [2.75, 3.05) is 5.73 Å². The lowest BCUT2D eigenvalue weighted by molar-refractivity contribution is 0.568. The van der Waals surface area contributed by atoms with Crippen molar-refractivity contribution in [2.24, 2.45) is 7.05 Å². The Balaban J connectivity index is 2.26. The molecule has 4 nitrogen and oxygen atoms in total. The van der Waals surface area contributed by atoms with Crippen LogP contribution < -0.4 is 5.73 Å². The van der Waals surface area contributed by atoms with Gasteiger partial charge in [-0.1, -0.05) is 28.1 Å². The van der Waals surface area contributed by atoms with Crippen molar-refractivity contribution in [1.29, 1.82) is 0 Å². The number of hydrogen-bond donors (Lipinski definition) is 1. The smallest absolute Gasteiger partial charge is 0.129 e. The zero-order valence-corrected chi connectivity index (χ0v) is 11.9. The second-order valence-electron chi connectivity index (χ2n) is 4.25. The molecule has 0 aliphatic rings. The van der Waals surface area contributed by atoms with Gasteiger partial charge in [0.2, 0.25) is 0 Å². The molecule has 2 heterocycles. The molecule has 0 fully saturated rings. The van der Waals surface area contributed by atoms with Gasteiger partial charge in [-0.3, -0.25) is 4.68 Å². The van der Waals surface area contributed by atoms with E-state index in [0.717, 1.165) is 26.9 Å². The summed E-state index contributed by atoms with van der Waals surface area (Å²) in [5.74, 6) is 0.634. The van der Waals surface area contributed by atoms with Crippen molar-refractivity contribution in [3.63, 3.8) is 0 Å². The fourth-order valence-corrected chi connectivity index (χ4v) is 2.47. The SMILES string of the molecule is Cn1nc(-c2ccoc2)c(-c2cccc(Br)c2)c1N. The van der Waals surface area contributed by atoms with Crippen LogP contribution in [-0.4, -0.2) is 9.78 Å². The molecule has 0 atom stereocenters. The van der Waals surface area contributed by atoms with Gasteiger partial charge in [-0.2, -0.15) is 5.10 Å². The van der Waals surface area contributed by atoms with Crippen molar-refractivity contribution in [1.82, 2.24) is 9.78 Å². The molecule has 2 N–H and O–H groups in total. The lowest BCUT2D eigenvalue weighted by Crippen LogP contribution is -1.97. The first kappa shape index (κ1) is 12.0. The normalized spacial score (nSPS) is 10.8. The lowest BCUT2D eigenvalue weighted by Gasteiger charge is -2.03. The molecule has 0 bridgehead atoms. The Bertz CT molecular complexity index is 716. The van der Waals surface area contributed by atoms with Crippen LogP contribution in [0.2, 0.25) is 0 Å². The Morgan fingerprint density at radius 2 is 2.11 bits per heavy atom. The molecule has 1 aromatic carbocycles. The van der Waals surface area contributed by atoms with Crippen LogP contribution in [0.1, 0.15) is 0 Å². The van der Waals surface area contributed by atoms with Gasteiger partial charge in [0.15, 0.2) is 0 Å². The fraction of sp³-hybridized carbons (Fsp3) is 0.0714. The van der Waals surface area contributed by atoms with Crippen LogP contribution in [0, 0.1) is 0 Å². The number of nitrogens with two attached hydrogens (primary N) is 1. The van der Waals surface area contributed by atoms with E-state index in [0.29, 0.717) is 5.82 Å². The average molecular weight is 318 g/mol. The van der Waals surface area contributed by atoms with Gasteiger partial charge < -0.3 is 10.2 Å². The van der Waals surface area contributed by atoms with Gasteiger partial charge in [0.1, 0.15) is 11.5 Å². The quantitative estimate of drug-likeness (QED) is 0.784. The maximum absolute atomic E-state index is 6.15. The molecule has 0 saturated carbocycles. The second kappa shape index (κ2) is 4.59. The molecule has 0 spiro atoms. The first-order chi connectivity index (χ1) is 9.16. The molecule has 0 saturated heterocycles. The van der Waals surface area contributed by atoms with Crippen LogP contribution in [-0.2, 0) is 7.05 Å². The third-order valence-corrected chi connectivity index (χ3v) is 3.49. The Morgan fingerprint density at radius 3 is 2.79 bits per heavy atom. The van der Waals surface area contributed by atoms with Crippen LogP contribution in [0.4, 0.5) is 5.82 Å². The van der Waals surface area contributed by atoms with Crippen molar-refractivity contribution in [3.8, 4) is 22.4 Å². The summed E-state index contributed by atoms with van der Waals surface area (Å²) >= 11 is 3.48. The highest BCUT2D eigenvalue weighted by atomic mass is 79.9. The molecule has 0 aliphatic heterocycles. The summed E-state index contributed by atoms with van der Waals surface area (Å²) in [7, 11) is 1.83. The van der Waals surface area contributed by atoms with Crippen molar-refractivity contribution in [3.05, 3.63) is 47.3 Å². The summed E-state index contributed by atoms with van der Waals surface area (Å²) in [5, 5.41) is 4.48. The van der Waals surface area contributed by atoms with E-state index >= 15 is 0 Å². The molecule has 0 radical (unpaired) electrons. The molecule has 0 unspecified atom stereocenters. The standard InChI is InChI=1S/C14H12BrN3O/c1-18-14(16)12(9-3-2-4-11(15)7-9)13(17-18)10-5-6-19-8-10/h2-8H,16H2,1H3. The van der Waals surface area contributed by atoms with Crippen LogP contribution in [0.25, 0.3) is 22.4 Å². The molecule has 19 heavy (non-hydrogen) atoms. The molecule has 3 aromatic rings. The number of halogens is 1. The molecule has 0 amide bonds. The first-order valence-corrected chi connectivity index (χ1v) is 6.57. The van der Waals surface area contributed by atoms with E-state index in [1.165, 1.54) is 0 Å². The van der Waals surface area contributed by atoms with Gasteiger partial charge in [0, 0.05) is 17.1 Å². The number of benzene rings is 1. The summed E-state index contributed by atoms with van der Waals surface area (Å²) in [6.45, 7) is 0. The highest BCUT2D eigenvalue weighted by molar-refractivity contribution is 9.10. The minimum Gasteiger partial charge on any atom is -0.472 e. The predicted octanol–water partition coefficient (Wildman–Crippen LogP) is 3.69. The zero-order valence-electron chi connectivity index (χ0n) is 10.3. The van der Waals surface area contributed by atoms with Crippen molar-refractivity contribution >= 4 is 21.7 Å². The Labute approximate surface area is 119 Å². The molecule has 3 rings (SSSR count). The minimum atomic E-state index is 0.634. The number of anilines is 1. The number of aromatic nitrogens is 2. The number of furan rings is 1. The van der Waals surface area contributed by atoms with Gasteiger partial charge in [-0.25, -0.2) is 0 Å². The van der Waals surface area contributed by atoms with E-state index in [2.05, 4.69) is 21.0 Å². The number of nitrogen functional groups attached to an aromatic ring is 1. The van der Waals surface area contributed by atoms with Gasteiger partial charge >= 0.3 is 0 Å². The zero-order chi connectivity index (χ0) is 13.4. The van der Waals surface area contributed by atoms with E-state index in [1.54, 1.807) is 17.2 Å². The summed E-state index contributed by atoms with van der Waals surface area (Å²) in [6.07, 6.45) is 3.30. The lowest BCUT2D eigenvalue weighted by atomic mass is 10.0. The van der Waals surface area contributed by atoms with E-state index in [4.69, 9.17) is 10.2 Å². The van der Waals surface area contributed by atoms with Crippen molar-refractivity contribution < 1.29 is 4.42 Å². The summed E-state index contributed by atoms with van der Waals surface area (Å²) in [6, 6.07) is 9.88. The highest BCUT2D eigenvalue weighted by Crippen LogP contribution is 2.36. The largest absolute Gasteiger partial charge is 0.472 e. The Hall–Kier alpha value is -2.01. The summed E-state index contributed by atoms with van der Waals surface area (Å²) in [4.78, 5) is 0. The van der Waals surface area contributed by atoms with E-state index in [-0.39, 0.29) is 0 Å². The van der Waals surface area contributed by atoms with E-state index in [9.17, 15) is 0 Å². The predicted molar refractivity (Wildman–Crippen MR) is 78.5 cm³/mol. The third kappa shape index (κ3) is 2.06. The van der Waals surface area contributed by atoms with Crippen LogP contribution in [0.3, 0.4) is 0 Å². The number of rotatable bonds is 2. The fourth-order valence-electron chi connectivity index (χ4n) is 2.07. The van der Waals surface area contributed by atoms with Gasteiger partial charge in [-0.05, 0) is 23.8 Å². The van der Waals surface area contributed by atoms with E-state index in [1.807, 2.05) is 37.4 Å². The Kier molecular flexibility index (Phi) is 2.91. The number of aryl methyl sites for hydroxylation is 1. The molecule has 0 aliphatic carbocycles. The van der Waals surface area contributed by atoms with Crippen molar-refractivity contribution in [2.45, 2.75) is 0 Å². The molecular formula is C14H12BrN3O. The molecule has 2 aromatic heterocycles. The van der Waals surface area contributed by atoms with Crippen LogP contribution in [0.15, 0.2) is 51.7 Å². The highest BCUT2D eigenvalue weighted by Gasteiger charge is 2.18. The molecule has 5 heteroatoms. The minimum absolute atomic E-state index is 0.634. The second-order valence-corrected chi connectivity index (χ2v) is 5.17. The molecule has 96 valence electrons. The number of hydrogen-bond acceptors (Lipinski definition) is 3. The third-order valence-electron chi connectivity index (χ3n) is 3.00. The summed E-state index contributed by atoms with van der Waals surface area (Å²) < 4.78 is 7.82. The summed E-state index contributed by atoms with van der Waals surface area (Å²) in [5.41, 5.74) is 9.84. The first-order valence-electron chi connectivity index (χ1n) is 5.78. The van der Waals surface area contributed by atoms with Crippen LogP contribution >= 0.6 is 15.9 Å².